The van der Waals surface area contributed by atoms with Crippen molar-refractivity contribution in [2.24, 2.45) is 0 Å². The number of hydrogen-bond donors (Lipinski definition) is 1. The minimum atomic E-state index is -0.0260. The molecule has 0 aromatic heterocycles. The molecule has 102 valence electrons. The molecule has 0 aliphatic heterocycles. The lowest BCUT2D eigenvalue weighted by molar-refractivity contribution is 0.522. The Morgan fingerprint density at radius 3 is 2.84 bits per heavy atom. The Morgan fingerprint density at radius 1 is 1.32 bits per heavy atom. The van der Waals surface area contributed by atoms with Crippen molar-refractivity contribution in [1.29, 1.82) is 5.26 Å². The van der Waals surface area contributed by atoms with Crippen molar-refractivity contribution in [1.82, 2.24) is 5.32 Å². The van der Waals surface area contributed by atoms with Crippen LogP contribution in [0.5, 0.6) is 0 Å². The van der Waals surface area contributed by atoms with Crippen LogP contribution in [0.1, 0.15) is 37.8 Å². The van der Waals surface area contributed by atoms with E-state index in [0.717, 1.165) is 12.2 Å². The lowest BCUT2D eigenvalue weighted by Crippen LogP contribution is -2.33. The molecule has 0 radical (unpaired) electrons. The smallest absolute Gasteiger partial charge is 0.0962 e. The highest BCUT2D eigenvalue weighted by Gasteiger charge is 2.12. The van der Waals surface area contributed by atoms with Crippen molar-refractivity contribution < 1.29 is 0 Å². The first-order valence-corrected chi connectivity index (χ1v) is 8.08. The SMILES string of the molecule is CC(C)NC(C#N)CCSc1ccc2c(c1)CCC2. The summed E-state index contributed by atoms with van der Waals surface area (Å²) in [4.78, 5) is 1.35. The van der Waals surface area contributed by atoms with Crippen LogP contribution in [0.3, 0.4) is 0 Å². The first-order valence-electron chi connectivity index (χ1n) is 7.09. The number of nitrogens with one attached hydrogen (secondary N) is 1. The number of fused-ring (bicyclic) bond motifs is 1. The molecule has 0 heterocycles. The van der Waals surface area contributed by atoms with Gasteiger partial charge in [-0.3, -0.25) is 5.32 Å². The molecule has 0 spiro atoms. The van der Waals surface area contributed by atoms with E-state index >= 15 is 0 Å². The predicted molar refractivity (Wildman–Crippen MR) is 81.5 cm³/mol. The van der Waals surface area contributed by atoms with Crippen molar-refractivity contribution in [2.45, 2.75) is 56.5 Å². The Bertz CT molecular complexity index is 462. The van der Waals surface area contributed by atoms with Gasteiger partial charge in [0.15, 0.2) is 0 Å². The van der Waals surface area contributed by atoms with Gasteiger partial charge >= 0.3 is 0 Å². The number of nitriles is 1. The number of rotatable bonds is 6. The third-order valence-corrected chi connectivity index (χ3v) is 4.46. The molecule has 1 aliphatic rings. The molecule has 0 fully saturated rings. The Morgan fingerprint density at radius 2 is 2.11 bits per heavy atom. The molecule has 3 heteroatoms. The van der Waals surface area contributed by atoms with E-state index in [1.165, 1.54) is 35.3 Å². The zero-order chi connectivity index (χ0) is 13.7. The molecular formula is C16H22N2S. The van der Waals surface area contributed by atoms with Gasteiger partial charge in [0.2, 0.25) is 0 Å². The maximum atomic E-state index is 9.08. The highest BCUT2D eigenvalue weighted by molar-refractivity contribution is 7.99. The van der Waals surface area contributed by atoms with Crippen LogP contribution in [-0.4, -0.2) is 17.8 Å². The van der Waals surface area contributed by atoms with Gasteiger partial charge in [0.25, 0.3) is 0 Å². The van der Waals surface area contributed by atoms with Crippen LogP contribution >= 0.6 is 11.8 Å². The van der Waals surface area contributed by atoms with E-state index < -0.39 is 0 Å². The Hall–Kier alpha value is -0.980. The van der Waals surface area contributed by atoms with Crippen LogP contribution in [-0.2, 0) is 12.8 Å². The minimum absolute atomic E-state index is 0.0260. The van der Waals surface area contributed by atoms with Gasteiger partial charge in [-0.25, -0.2) is 0 Å². The van der Waals surface area contributed by atoms with Gasteiger partial charge in [0.1, 0.15) is 0 Å². The van der Waals surface area contributed by atoms with Crippen LogP contribution in [0.25, 0.3) is 0 Å². The van der Waals surface area contributed by atoms with Gasteiger partial charge < -0.3 is 0 Å². The summed E-state index contributed by atoms with van der Waals surface area (Å²) in [6, 6.07) is 9.52. The fourth-order valence-corrected chi connectivity index (χ4v) is 3.50. The molecular weight excluding hydrogens is 252 g/mol. The maximum Gasteiger partial charge on any atom is 0.0962 e. The Kier molecular flexibility index (Phi) is 5.30. The molecule has 2 rings (SSSR count). The van der Waals surface area contributed by atoms with Gasteiger partial charge in [-0.15, -0.1) is 11.8 Å². The third kappa shape index (κ3) is 4.26. The summed E-state index contributed by atoms with van der Waals surface area (Å²) in [7, 11) is 0. The monoisotopic (exact) mass is 274 g/mol. The van der Waals surface area contributed by atoms with E-state index in [1.807, 2.05) is 11.8 Å². The van der Waals surface area contributed by atoms with Crippen molar-refractivity contribution in [3.05, 3.63) is 29.3 Å². The highest BCUT2D eigenvalue weighted by Crippen LogP contribution is 2.27. The molecule has 1 aromatic rings. The van der Waals surface area contributed by atoms with E-state index in [2.05, 4.69) is 43.4 Å². The van der Waals surface area contributed by atoms with Crippen molar-refractivity contribution in [3.63, 3.8) is 0 Å². The average molecular weight is 274 g/mol. The molecule has 1 aromatic carbocycles. The summed E-state index contributed by atoms with van der Waals surface area (Å²) < 4.78 is 0. The zero-order valence-electron chi connectivity index (χ0n) is 11.8. The number of benzene rings is 1. The normalized spacial score (nSPS) is 15.3. The second kappa shape index (κ2) is 6.98. The molecule has 0 bridgehead atoms. The number of hydrogen-bond acceptors (Lipinski definition) is 3. The molecule has 1 aliphatic carbocycles. The van der Waals surface area contributed by atoms with E-state index in [9.17, 15) is 0 Å². The fourth-order valence-electron chi connectivity index (χ4n) is 2.52. The standard InChI is InChI=1S/C16H22N2S/c1-12(2)18-15(11-17)8-9-19-16-7-6-13-4-3-5-14(13)10-16/h6-7,10,12,15,18H,3-5,8-9H2,1-2H3. The summed E-state index contributed by atoms with van der Waals surface area (Å²) in [5.41, 5.74) is 3.06. The minimum Gasteiger partial charge on any atom is -0.300 e. The van der Waals surface area contributed by atoms with E-state index in [4.69, 9.17) is 5.26 Å². The van der Waals surface area contributed by atoms with Gasteiger partial charge in [0.05, 0.1) is 12.1 Å². The molecule has 0 saturated carbocycles. The molecule has 1 atom stereocenters. The van der Waals surface area contributed by atoms with Crippen LogP contribution in [0.4, 0.5) is 0 Å². The van der Waals surface area contributed by atoms with Crippen molar-refractivity contribution in [2.75, 3.05) is 5.75 Å². The third-order valence-electron chi connectivity index (χ3n) is 3.44. The molecule has 0 saturated heterocycles. The fraction of sp³-hybridized carbons (Fsp3) is 0.562. The van der Waals surface area contributed by atoms with Crippen molar-refractivity contribution in [3.8, 4) is 6.07 Å². The van der Waals surface area contributed by atoms with E-state index in [1.54, 1.807) is 0 Å². The largest absolute Gasteiger partial charge is 0.300 e. The second-order valence-electron chi connectivity index (χ2n) is 5.42. The van der Waals surface area contributed by atoms with Gasteiger partial charge in [-0.1, -0.05) is 6.07 Å². The van der Waals surface area contributed by atoms with Gasteiger partial charge in [-0.2, -0.15) is 5.26 Å². The number of thioether (sulfide) groups is 1. The van der Waals surface area contributed by atoms with Crippen LogP contribution in [0.2, 0.25) is 0 Å². The zero-order valence-corrected chi connectivity index (χ0v) is 12.6. The summed E-state index contributed by atoms with van der Waals surface area (Å²) in [5.74, 6) is 0.997. The molecule has 0 amide bonds. The summed E-state index contributed by atoms with van der Waals surface area (Å²) in [6.45, 7) is 4.16. The predicted octanol–water partition coefficient (Wildman–Crippen LogP) is 3.55. The molecule has 2 nitrogen and oxygen atoms in total. The van der Waals surface area contributed by atoms with Crippen LogP contribution < -0.4 is 5.32 Å². The van der Waals surface area contributed by atoms with E-state index in [-0.39, 0.29) is 6.04 Å². The van der Waals surface area contributed by atoms with E-state index in [0.29, 0.717) is 6.04 Å². The average Bonchev–Trinajstić information content (AvgIpc) is 2.84. The maximum absolute atomic E-state index is 9.08. The van der Waals surface area contributed by atoms with Crippen LogP contribution in [0, 0.1) is 11.3 Å². The van der Waals surface area contributed by atoms with Crippen molar-refractivity contribution >= 4 is 11.8 Å². The second-order valence-corrected chi connectivity index (χ2v) is 6.59. The molecule has 19 heavy (non-hydrogen) atoms. The lowest BCUT2D eigenvalue weighted by Gasteiger charge is -2.14. The first kappa shape index (κ1) is 14.4. The molecule has 1 unspecified atom stereocenters. The first-order chi connectivity index (χ1) is 9.19. The summed E-state index contributed by atoms with van der Waals surface area (Å²) in [5, 5.41) is 12.4. The molecule has 1 N–H and O–H groups in total. The Balaban J connectivity index is 1.81. The lowest BCUT2D eigenvalue weighted by atomic mass is 10.1. The highest BCUT2D eigenvalue weighted by atomic mass is 32.2. The topological polar surface area (TPSA) is 35.8 Å². The Labute approximate surface area is 120 Å². The quantitative estimate of drug-likeness (QED) is 0.806. The van der Waals surface area contributed by atoms with Gasteiger partial charge in [0, 0.05) is 16.7 Å². The van der Waals surface area contributed by atoms with Gasteiger partial charge in [-0.05, 0) is 62.8 Å². The number of aryl methyl sites for hydroxylation is 2. The summed E-state index contributed by atoms with van der Waals surface area (Å²) >= 11 is 1.87. The van der Waals surface area contributed by atoms with Crippen LogP contribution in [0.15, 0.2) is 23.1 Å². The number of nitrogens with zero attached hydrogens (tertiary/aromatic N) is 1. The summed E-state index contributed by atoms with van der Waals surface area (Å²) in [6.07, 6.45) is 4.68.